The number of anilines is 2. The van der Waals surface area contributed by atoms with Gasteiger partial charge in [-0.15, -0.1) is 0 Å². The average molecular weight is 347 g/mol. The van der Waals surface area contributed by atoms with Crippen LogP contribution in [0, 0.1) is 11.8 Å². The first-order chi connectivity index (χ1) is 12.0. The molecular formula is C18H29N5O2. The van der Waals surface area contributed by atoms with Gasteiger partial charge in [0.25, 0.3) is 0 Å². The molecule has 2 saturated heterocycles. The lowest BCUT2D eigenvalue weighted by atomic mass is 9.87. The zero-order chi connectivity index (χ0) is 17.8. The van der Waals surface area contributed by atoms with Crippen molar-refractivity contribution >= 4 is 17.5 Å². The molecule has 2 atom stereocenters. The van der Waals surface area contributed by atoms with Gasteiger partial charge in [-0.25, -0.2) is 9.97 Å². The number of ether oxygens (including phenoxy) is 1. The second-order valence-corrected chi connectivity index (χ2v) is 7.36. The van der Waals surface area contributed by atoms with Crippen LogP contribution in [0.1, 0.15) is 26.7 Å². The van der Waals surface area contributed by atoms with E-state index in [0.29, 0.717) is 24.5 Å². The first-order valence-electron chi connectivity index (χ1n) is 9.21. The predicted molar refractivity (Wildman–Crippen MR) is 97.7 cm³/mol. The van der Waals surface area contributed by atoms with Crippen molar-refractivity contribution in [2.24, 2.45) is 11.8 Å². The van der Waals surface area contributed by atoms with E-state index in [1.54, 1.807) is 11.2 Å². The molecule has 2 fully saturated rings. The summed E-state index contributed by atoms with van der Waals surface area (Å²) in [7, 11) is 1.84. The lowest BCUT2D eigenvalue weighted by Crippen LogP contribution is -2.48. The summed E-state index contributed by atoms with van der Waals surface area (Å²) in [5.74, 6) is 2.75. The Labute approximate surface area is 149 Å². The highest BCUT2D eigenvalue weighted by Crippen LogP contribution is 2.27. The molecule has 0 aromatic carbocycles. The Morgan fingerprint density at radius 2 is 2.20 bits per heavy atom. The lowest BCUT2D eigenvalue weighted by Gasteiger charge is -2.35. The van der Waals surface area contributed by atoms with Gasteiger partial charge in [0.1, 0.15) is 18.0 Å². The topological polar surface area (TPSA) is 70.6 Å². The zero-order valence-corrected chi connectivity index (χ0v) is 15.4. The third kappa shape index (κ3) is 4.39. The highest BCUT2D eigenvalue weighted by molar-refractivity contribution is 5.82. The average Bonchev–Trinajstić information content (AvgIpc) is 2.62. The van der Waals surface area contributed by atoms with Crippen molar-refractivity contribution < 1.29 is 9.53 Å². The van der Waals surface area contributed by atoms with Crippen LogP contribution in [-0.2, 0) is 9.53 Å². The van der Waals surface area contributed by atoms with E-state index in [-0.39, 0.29) is 5.91 Å². The summed E-state index contributed by atoms with van der Waals surface area (Å²) in [5.41, 5.74) is 0. The molecule has 0 aliphatic carbocycles. The van der Waals surface area contributed by atoms with Crippen LogP contribution >= 0.6 is 0 Å². The molecule has 25 heavy (non-hydrogen) atoms. The normalized spacial score (nSPS) is 24.7. The van der Waals surface area contributed by atoms with Crippen LogP contribution in [-0.4, -0.2) is 66.7 Å². The fourth-order valence-corrected chi connectivity index (χ4v) is 3.63. The van der Waals surface area contributed by atoms with Gasteiger partial charge in [0.15, 0.2) is 0 Å². The second-order valence-electron chi connectivity index (χ2n) is 7.36. The maximum absolute atomic E-state index is 11.9. The first-order valence-corrected chi connectivity index (χ1v) is 9.21. The van der Waals surface area contributed by atoms with Crippen molar-refractivity contribution in [2.75, 3.05) is 50.1 Å². The molecular weight excluding hydrogens is 318 g/mol. The number of carbonyl (C=O) groups is 1. The van der Waals surface area contributed by atoms with E-state index in [0.717, 1.165) is 44.3 Å². The van der Waals surface area contributed by atoms with Crippen molar-refractivity contribution in [3.05, 3.63) is 12.4 Å². The zero-order valence-electron chi connectivity index (χ0n) is 15.4. The minimum absolute atomic E-state index is 0.124. The molecule has 3 heterocycles. The van der Waals surface area contributed by atoms with Gasteiger partial charge in [-0.3, -0.25) is 4.79 Å². The van der Waals surface area contributed by atoms with Gasteiger partial charge in [-0.05, 0) is 18.8 Å². The summed E-state index contributed by atoms with van der Waals surface area (Å²) in [4.78, 5) is 24.3. The molecule has 1 N–H and O–H groups in total. The SMILES string of the molecule is CC(C)[C@@H]1OCCC[C@H]1CNc1cc(N2CCN(C)C(=O)C2)ncn1. The van der Waals surface area contributed by atoms with Crippen LogP contribution in [0.2, 0.25) is 0 Å². The number of hydrogen-bond acceptors (Lipinski definition) is 6. The van der Waals surface area contributed by atoms with E-state index >= 15 is 0 Å². The van der Waals surface area contributed by atoms with E-state index in [1.165, 1.54) is 6.42 Å². The maximum atomic E-state index is 11.9. The number of nitrogens with one attached hydrogen (secondary N) is 1. The number of amides is 1. The number of carbonyl (C=O) groups excluding carboxylic acids is 1. The molecule has 1 aromatic heterocycles. The summed E-state index contributed by atoms with van der Waals surface area (Å²) in [6, 6.07) is 1.94. The molecule has 0 radical (unpaired) electrons. The molecule has 1 amide bonds. The summed E-state index contributed by atoms with van der Waals surface area (Å²) >= 11 is 0. The molecule has 138 valence electrons. The van der Waals surface area contributed by atoms with Gasteiger partial charge in [0.05, 0.1) is 12.6 Å². The molecule has 0 saturated carbocycles. The van der Waals surface area contributed by atoms with Crippen molar-refractivity contribution in [1.29, 1.82) is 0 Å². The number of hydrogen-bond donors (Lipinski definition) is 1. The summed E-state index contributed by atoms with van der Waals surface area (Å²) in [5, 5.41) is 3.45. The Balaban J connectivity index is 1.61. The largest absolute Gasteiger partial charge is 0.378 e. The third-order valence-corrected chi connectivity index (χ3v) is 5.13. The monoisotopic (exact) mass is 347 g/mol. The standard InChI is InChI=1S/C18H29N5O2/c1-13(2)18-14(5-4-8-25-18)10-19-15-9-16(21-12-20-15)23-7-6-22(3)17(24)11-23/h9,12-14,18H,4-8,10-11H2,1-3H3,(H,19,20,21)/t14-,18-/m0/s1. The van der Waals surface area contributed by atoms with E-state index < -0.39 is 0 Å². The first kappa shape index (κ1) is 17.9. The molecule has 0 unspecified atom stereocenters. The molecule has 7 nitrogen and oxygen atoms in total. The smallest absolute Gasteiger partial charge is 0.241 e. The molecule has 1 aromatic rings. The molecule has 0 spiro atoms. The Morgan fingerprint density at radius 3 is 2.96 bits per heavy atom. The minimum atomic E-state index is 0.124. The van der Waals surface area contributed by atoms with Crippen molar-refractivity contribution in [3.63, 3.8) is 0 Å². The Bertz CT molecular complexity index is 595. The van der Waals surface area contributed by atoms with Crippen molar-refractivity contribution in [1.82, 2.24) is 14.9 Å². The Hall–Kier alpha value is -1.89. The van der Waals surface area contributed by atoms with Gasteiger partial charge < -0.3 is 19.9 Å². The van der Waals surface area contributed by atoms with Gasteiger partial charge in [0, 0.05) is 45.3 Å². The highest BCUT2D eigenvalue weighted by Gasteiger charge is 2.28. The quantitative estimate of drug-likeness (QED) is 0.873. The van der Waals surface area contributed by atoms with Crippen LogP contribution in [0.3, 0.4) is 0 Å². The fraction of sp³-hybridized carbons (Fsp3) is 0.722. The predicted octanol–water partition coefficient (Wildman–Crippen LogP) is 1.62. The fourth-order valence-electron chi connectivity index (χ4n) is 3.63. The van der Waals surface area contributed by atoms with Crippen LogP contribution < -0.4 is 10.2 Å². The van der Waals surface area contributed by atoms with Crippen molar-refractivity contribution in [3.8, 4) is 0 Å². The number of aromatic nitrogens is 2. The van der Waals surface area contributed by atoms with Crippen LogP contribution in [0.5, 0.6) is 0 Å². The Morgan fingerprint density at radius 1 is 1.36 bits per heavy atom. The number of likely N-dealkylation sites (N-methyl/N-ethyl adjacent to an activating group) is 1. The number of nitrogens with zero attached hydrogens (tertiary/aromatic N) is 4. The summed E-state index contributed by atoms with van der Waals surface area (Å²) in [6.07, 6.45) is 4.17. The van der Waals surface area contributed by atoms with E-state index in [1.807, 2.05) is 18.0 Å². The van der Waals surface area contributed by atoms with E-state index in [2.05, 4.69) is 29.1 Å². The Kier molecular flexibility index (Phi) is 5.73. The van der Waals surface area contributed by atoms with Crippen LogP contribution in [0.15, 0.2) is 12.4 Å². The molecule has 0 bridgehead atoms. The van der Waals surface area contributed by atoms with Crippen LogP contribution in [0.25, 0.3) is 0 Å². The summed E-state index contributed by atoms with van der Waals surface area (Å²) in [6.45, 7) is 8.05. The van der Waals surface area contributed by atoms with Crippen molar-refractivity contribution in [2.45, 2.75) is 32.8 Å². The van der Waals surface area contributed by atoms with E-state index in [4.69, 9.17) is 4.74 Å². The minimum Gasteiger partial charge on any atom is -0.378 e. The van der Waals surface area contributed by atoms with Gasteiger partial charge in [0.2, 0.25) is 5.91 Å². The second kappa shape index (κ2) is 7.99. The van der Waals surface area contributed by atoms with Crippen LogP contribution in [0.4, 0.5) is 11.6 Å². The van der Waals surface area contributed by atoms with E-state index in [9.17, 15) is 4.79 Å². The molecule has 3 rings (SSSR count). The number of piperazine rings is 1. The summed E-state index contributed by atoms with van der Waals surface area (Å²) < 4.78 is 5.96. The highest BCUT2D eigenvalue weighted by atomic mass is 16.5. The maximum Gasteiger partial charge on any atom is 0.241 e. The number of rotatable bonds is 5. The molecule has 2 aliphatic heterocycles. The van der Waals surface area contributed by atoms with Gasteiger partial charge in [-0.1, -0.05) is 13.8 Å². The van der Waals surface area contributed by atoms with Gasteiger partial charge >= 0.3 is 0 Å². The molecule has 7 heteroatoms. The third-order valence-electron chi connectivity index (χ3n) is 5.13. The molecule has 2 aliphatic rings. The lowest BCUT2D eigenvalue weighted by molar-refractivity contribution is -0.129. The van der Waals surface area contributed by atoms with Gasteiger partial charge in [-0.2, -0.15) is 0 Å².